The van der Waals surface area contributed by atoms with Gasteiger partial charge in [0.2, 0.25) is 0 Å². The number of nitriles is 2. The predicted octanol–water partition coefficient (Wildman–Crippen LogP) is 11.6. The summed E-state index contributed by atoms with van der Waals surface area (Å²) < 4.78 is 6.72. The molecular weight excluding hydrogens is 572 g/mol. The van der Waals surface area contributed by atoms with Crippen molar-refractivity contribution in [1.29, 1.82) is 10.5 Å². The molecule has 1 aliphatic rings. The first kappa shape index (κ1) is 28.1. The molecule has 0 saturated carbocycles. The molecule has 1 heterocycles. The Labute approximate surface area is 273 Å². The molecule has 0 N–H and O–H groups in total. The van der Waals surface area contributed by atoms with Gasteiger partial charge < -0.3 is 4.42 Å². The Balaban J connectivity index is 1.39. The van der Waals surface area contributed by atoms with Gasteiger partial charge in [-0.2, -0.15) is 10.5 Å². The zero-order valence-electron chi connectivity index (χ0n) is 25.5. The van der Waals surface area contributed by atoms with E-state index >= 15 is 0 Å². The SMILES string of the molecule is N#Cc1ccc(-c2cc(C3=CCC(C#N)C=C3)cc(-c3cccc4oc5c(-c6ccccc6)cc(-c6ccccc6)cc5c34)c2)cc1. The van der Waals surface area contributed by atoms with Crippen molar-refractivity contribution >= 4 is 27.5 Å². The molecule has 0 aliphatic heterocycles. The van der Waals surface area contributed by atoms with Crippen molar-refractivity contribution in [2.75, 3.05) is 0 Å². The Morgan fingerprint density at radius 2 is 1.26 bits per heavy atom. The maximum atomic E-state index is 9.47. The van der Waals surface area contributed by atoms with Crippen molar-refractivity contribution < 1.29 is 4.42 Å². The number of hydrogen-bond donors (Lipinski definition) is 0. The van der Waals surface area contributed by atoms with E-state index in [1.54, 1.807) is 0 Å². The van der Waals surface area contributed by atoms with Gasteiger partial charge in [-0.1, -0.05) is 103 Å². The molecule has 0 saturated heterocycles. The van der Waals surface area contributed by atoms with Gasteiger partial charge in [0, 0.05) is 16.3 Å². The first-order chi connectivity index (χ1) is 23.2. The third-order valence-electron chi connectivity index (χ3n) is 8.98. The Kier molecular flexibility index (Phi) is 7.07. The van der Waals surface area contributed by atoms with Crippen LogP contribution < -0.4 is 0 Å². The Hall–Kier alpha value is -6.42. The van der Waals surface area contributed by atoms with Crippen LogP contribution in [0.1, 0.15) is 17.5 Å². The molecule has 0 fully saturated rings. The van der Waals surface area contributed by atoms with E-state index < -0.39 is 0 Å². The molecule has 1 unspecified atom stereocenters. The monoisotopic (exact) mass is 600 g/mol. The highest BCUT2D eigenvalue weighted by Crippen LogP contribution is 2.44. The number of hydrogen-bond acceptors (Lipinski definition) is 3. The molecule has 220 valence electrons. The van der Waals surface area contributed by atoms with Crippen molar-refractivity contribution in [3.63, 3.8) is 0 Å². The molecule has 1 aliphatic carbocycles. The van der Waals surface area contributed by atoms with Gasteiger partial charge in [0.25, 0.3) is 0 Å². The fourth-order valence-corrected chi connectivity index (χ4v) is 6.58. The van der Waals surface area contributed by atoms with E-state index in [9.17, 15) is 10.5 Å². The lowest BCUT2D eigenvalue weighted by Crippen LogP contribution is -1.97. The summed E-state index contributed by atoms with van der Waals surface area (Å²) >= 11 is 0. The van der Waals surface area contributed by atoms with Crippen molar-refractivity contribution in [2.24, 2.45) is 5.92 Å². The molecule has 1 atom stereocenters. The zero-order chi connectivity index (χ0) is 31.7. The summed E-state index contributed by atoms with van der Waals surface area (Å²) in [7, 11) is 0. The van der Waals surface area contributed by atoms with Gasteiger partial charge in [0.1, 0.15) is 11.2 Å². The number of rotatable bonds is 5. The van der Waals surface area contributed by atoms with Crippen LogP contribution in [0.15, 0.2) is 156 Å². The number of allylic oxidation sites excluding steroid dienone is 4. The fourth-order valence-electron chi connectivity index (χ4n) is 6.58. The second-order valence-corrected chi connectivity index (χ2v) is 11.9. The normalized spacial score (nSPS) is 14.1. The minimum atomic E-state index is -0.108. The van der Waals surface area contributed by atoms with Crippen LogP contribution in [0.2, 0.25) is 0 Å². The van der Waals surface area contributed by atoms with E-state index in [1.165, 1.54) is 0 Å². The van der Waals surface area contributed by atoms with Gasteiger partial charge in [0.15, 0.2) is 0 Å². The quantitative estimate of drug-likeness (QED) is 0.197. The third kappa shape index (κ3) is 5.21. The van der Waals surface area contributed by atoms with Crippen molar-refractivity contribution in [1.82, 2.24) is 0 Å². The lowest BCUT2D eigenvalue weighted by atomic mass is 9.88. The highest BCUT2D eigenvalue weighted by atomic mass is 16.3. The van der Waals surface area contributed by atoms with Gasteiger partial charge in [-0.3, -0.25) is 0 Å². The van der Waals surface area contributed by atoms with Crippen LogP contribution in [0.5, 0.6) is 0 Å². The topological polar surface area (TPSA) is 60.7 Å². The zero-order valence-corrected chi connectivity index (χ0v) is 25.5. The van der Waals surface area contributed by atoms with Crippen molar-refractivity contribution in [2.45, 2.75) is 6.42 Å². The molecule has 7 aromatic rings. The molecule has 6 aromatic carbocycles. The number of furan rings is 1. The second kappa shape index (κ2) is 11.8. The van der Waals surface area contributed by atoms with E-state index in [2.05, 4.69) is 121 Å². The van der Waals surface area contributed by atoms with E-state index in [-0.39, 0.29) is 5.92 Å². The van der Waals surface area contributed by atoms with Crippen molar-refractivity contribution in [3.8, 4) is 56.6 Å². The first-order valence-corrected chi connectivity index (χ1v) is 15.7. The highest BCUT2D eigenvalue weighted by Gasteiger charge is 2.19. The smallest absolute Gasteiger partial charge is 0.143 e. The minimum Gasteiger partial charge on any atom is -0.455 e. The number of fused-ring (bicyclic) bond motifs is 3. The third-order valence-corrected chi connectivity index (χ3v) is 8.98. The molecule has 0 radical (unpaired) electrons. The van der Waals surface area contributed by atoms with Gasteiger partial charge in [-0.25, -0.2) is 0 Å². The summed E-state index contributed by atoms with van der Waals surface area (Å²) in [5, 5.41) is 21.0. The van der Waals surface area contributed by atoms with E-state index in [1.807, 2.05) is 42.5 Å². The molecule has 0 amide bonds. The van der Waals surface area contributed by atoms with Crippen LogP contribution in [0.4, 0.5) is 0 Å². The van der Waals surface area contributed by atoms with Gasteiger partial charge >= 0.3 is 0 Å². The summed E-state index contributed by atoms with van der Waals surface area (Å²) in [5.74, 6) is -0.108. The summed E-state index contributed by atoms with van der Waals surface area (Å²) in [6.45, 7) is 0. The lowest BCUT2D eigenvalue weighted by Gasteiger charge is -2.15. The number of nitrogens with zero attached hydrogens (tertiary/aromatic N) is 2. The summed E-state index contributed by atoms with van der Waals surface area (Å²) in [5.41, 5.74) is 13.2. The van der Waals surface area contributed by atoms with Crippen molar-refractivity contribution in [3.05, 3.63) is 163 Å². The van der Waals surface area contributed by atoms with Crippen LogP contribution in [-0.4, -0.2) is 0 Å². The number of benzene rings is 6. The maximum Gasteiger partial charge on any atom is 0.143 e. The van der Waals surface area contributed by atoms with Crippen LogP contribution in [0.3, 0.4) is 0 Å². The molecule has 0 bridgehead atoms. The fraction of sp³-hybridized carbons (Fsp3) is 0.0455. The van der Waals surface area contributed by atoms with Gasteiger partial charge in [-0.05, 0) is 105 Å². The standard InChI is InChI=1S/C44H28N2O/c45-27-29-14-18-32(19-15-29)35-22-36(33-20-16-30(28-46)17-21-33)24-38(23-35)39-12-7-13-42-43(39)41-26-37(31-8-3-1-4-9-31)25-40(44(41)47-42)34-10-5-2-6-11-34/h1-16,18-26,30H,17H2. The molecule has 47 heavy (non-hydrogen) atoms. The summed E-state index contributed by atoms with van der Waals surface area (Å²) in [6, 6.07) is 50.7. The van der Waals surface area contributed by atoms with Crippen LogP contribution in [0, 0.1) is 28.6 Å². The molecule has 8 rings (SSSR count). The Bertz CT molecular complexity index is 2430. The molecule has 3 heteroatoms. The van der Waals surface area contributed by atoms with Crippen LogP contribution >= 0.6 is 0 Å². The largest absolute Gasteiger partial charge is 0.455 e. The second-order valence-electron chi connectivity index (χ2n) is 11.9. The predicted molar refractivity (Wildman–Crippen MR) is 191 cm³/mol. The minimum absolute atomic E-state index is 0.108. The first-order valence-electron chi connectivity index (χ1n) is 15.7. The van der Waals surface area contributed by atoms with Crippen LogP contribution in [-0.2, 0) is 0 Å². The van der Waals surface area contributed by atoms with E-state index in [0.29, 0.717) is 12.0 Å². The van der Waals surface area contributed by atoms with Gasteiger partial charge in [-0.15, -0.1) is 0 Å². The maximum absolute atomic E-state index is 9.47. The average molecular weight is 601 g/mol. The molecular formula is C44H28N2O. The highest BCUT2D eigenvalue weighted by molar-refractivity contribution is 6.16. The summed E-state index contributed by atoms with van der Waals surface area (Å²) in [4.78, 5) is 0. The van der Waals surface area contributed by atoms with E-state index in [4.69, 9.17) is 4.42 Å². The Morgan fingerprint density at radius 3 is 1.96 bits per heavy atom. The summed E-state index contributed by atoms with van der Waals surface area (Å²) in [6.07, 6.45) is 6.89. The Morgan fingerprint density at radius 1 is 0.574 bits per heavy atom. The van der Waals surface area contributed by atoms with E-state index in [0.717, 1.165) is 77.6 Å². The lowest BCUT2D eigenvalue weighted by molar-refractivity contribution is 0.670. The molecule has 3 nitrogen and oxygen atoms in total. The van der Waals surface area contributed by atoms with Gasteiger partial charge in [0.05, 0.1) is 23.6 Å². The van der Waals surface area contributed by atoms with Crippen LogP contribution in [0.25, 0.3) is 72.0 Å². The molecule has 0 spiro atoms. The molecule has 1 aromatic heterocycles. The average Bonchev–Trinajstić information content (AvgIpc) is 3.54.